The molecule has 35 heavy (non-hydrogen) atoms. The van der Waals surface area contributed by atoms with Crippen molar-refractivity contribution >= 4 is 17.7 Å². The number of fused-ring (bicyclic) bond motifs is 1. The summed E-state index contributed by atoms with van der Waals surface area (Å²) in [5.74, 6) is 2.19. The molecule has 1 N–H and O–H groups in total. The van der Waals surface area contributed by atoms with E-state index in [0.29, 0.717) is 24.3 Å². The number of carbonyl (C=O) groups excluding carboxylic acids is 1. The second kappa shape index (κ2) is 10.7. The van der Waals surface area contributed by atoms with E-state index >= 15 is 0 Å². The molecule has 1 aromatic heterocycles. The van der Waals surface area contributed by atoms with Crippen molar-refractivity contribution in [2.24, 2.45) is 5.92 Å². The molecular weight excluding hydrogens is 462 g/mol. The largest absolute Gasteiger partial charge is 0.490 e. The maximum Gasteiger partial charge on any atom is 0.277 e. The van der Waals surface area contributed by atoms with E-state index in [1.165, 1.54) is 17.3 Å². The average molecular weight is 496 g/mol. The third-order valence-electron chi connectivity index (χ3n) is 5.84. The number of hydrogen-bond donors (Lipinski definition) is 1. The minimum atomic E-state index is -0.153. The topological polar surface area (TPSA) is 86.5 Å². The Morgan fingerprint density at radius 2 is 1.74 bits per heavy atom. The Morgan fingerprint density at radius 3 is 2.43 bits per heavy atom. The molecule has 2 aromatic carbocycles. The Hall–Kier alpha value is -3.00. The van der Waals surface area contributed by atoms with Crippen molar-refractivity contribution in [3.05, 3.63) is 53.6 Å². The van der Waals surface area contributed by atoms with Crippen LogP contribution in [-0.2, 0) is 10.2 Å². The number of benzene rings is 2. The third kappa shape index (κ3) is 6.36. The van der Waals surface area contributed by atoms with Crippen LogP contribution in [0.5, 0.6) is 11.5 Å². The number of aromatic nitrogens is 2. The van der Waals surface area contributed by atoms with Crippen LogP contribution in [0, 0.1) is 5.92 Å². The average Bonchev–Trinajstić information content (AvgIpc) is 3.18. The first-order valence-corrected chi connectivity index (χ1v) is 13.0. The van der Waals surface area contributed by atoms with Crippen LogP contribution in [0.4, 0.5) is 0 Å². The molecule has 0 bridgehead atoms. The fourth-order valence-electron chi connectivity index (χ4n) is 3.85. The highest BCUT2D eigenvalue weighted by Gasteiger charge is 2.22. The monoisotopic (exact) mass is 495 g/mol. The van der Waals surface area contributed by atoms with Gasteiger partial charge in [0, 0.05) is 12.0 Å². The highest BCUT2D eigenvalue weighted by atomic mass is 32.2. The van der Waals surface area contributed by atoms with Crippen molar-refractivity contribution in [2.75, 3.05) is 19.0 Å². The molecule has 0 saturated carbocycles. The van der Waals surface area contributed by atoms with Crippen molar-refractivity contribution in [1.82, 2.24) is 15.5 Å². The number of hydrogen-bond acceptors (Lipinski definition) is 7. The Kier molecular flexibility index (Phi) is 7.69. The van der Waals surface area contributed by atoms with E-state index in [1.54, 1.807) is 0 Å². The minimum absolute atomic E-state index is 0.0782. The van der Waals surface area contributed by atoms with Crippen LogP contribution >= 0.6 is 11.8 Å². The Labute approximate surface area is 211 Å². The van der Waals surface area contributed by atoms with Crippen LogP contribution in [0.2, 0.25) is 0 Å². The van der Waals surface area contributed by atoms with Gasteiger partial charge < -0.3 is 19.2 Å². The van der Waals surface area contributed by atoms with Gasteiger partial charge in [0.2, 0.25) is 11.8 Å². The number of ether oxygens (including phenoxy) is 2. The van der Waals surface area contributed by atoms with E-state index in [1.807, 2.05) is 30.3 Å². The summed E-state index contributed by atoms with van der Waals surface area (Å²) in [5, 5.41) is 11.8. The van der Waals surface area contributed by atoms with E-state index in [2.05, 4.69) is 62.3 Å². The van der Waals surface area contributed by atoms with E-state index in [0.717, 1.165) is 29.0 Å². The molecule has 2 heterocycles. The maximum absolute atomic E-state index is 12.8. The van der Waals surface area contributed by atoms with Crippen LogP contribution in [0.1, 0.15) is 58.2 Å². The molecule has 4 rings (SSSR count). The zero-order valence-electron chi connectivity index (χ0n) is 21.0. The van der Waals surface area contributed by atoms with Gasteiger partial charge in [-0.2, -0.15) is 0 Å². The third-order valence-corrected chi connectivity index (χ3v) is 6.66. The first-order chi connectivity index (χ1) is 16.7. The molecule has 0 aliphatic carbocycles. The van der Waals surface area contributed by atoms with Gasteiger partial charge in [0.05, 0.1) is 25.0 Å². The van der Waals surface area contributed by atoms with Gasteiger partial charge in [-0.1, -0.05) is 64.6 Å². The van der Waals surface area contributed by atoms with Crippen molar-refractivity contribution < 1.29 is 18.7 Å². The fourth-order valence-corrected chi connectivity index (χ4v) is 4.42. The lowest BCUT2D eigenvalue weighted by atomic mass is 9.87. The van der Waals surface area contributed by atoms with E-state index in [4.69, 9.17) is 13.9 Å². The molecule has 7 nitrogen and oxygen atoms in total. The van der Waals surface area contributed by atoms with Gasteiger partial charge in [0.25, 0.3) is 5.22 Å². The molecule has 1 aliphatic rings. The van der Waals surface area contributed by atoms with Crippen molar-refractivity contribution in [2.45, 2.75) is 57.7 Å². The molecule has 1 unspecified atom stereocenters. The summed E-state index contributed by atoms with van der Waals surface area (Å²) in [4.78, 5) is 12.8. The number of rotatable bonds is 7. The predicted octanol–water partition coefficient (Wildman–Crippen LogP) is 5.80. The number of carbonyl (C=O) groups is 1. The predicted molar refractivity (Wildman–Crippen MR) is 137 cm³/mol. The lowest BCUT2D eigenvalue weighted by molar-refractivity contribution is -0.119. The summed E-state index contributed by atoms with van der Waals surface area (Å²) in [6.07, 6.45) is 0.852. The van der Waals surface area contributed by atoms with Gasteiger partial charge in [0.1, 0.15) is 0 Å². The highest BCUT2D eigenvalue weighted by Crippen LogP contribution is 2.34. The first-order valence-electron chi connectivity index (χ1n) is 12.0. The smallest absolute Gasteiger partial charge is 0.277 e. The fraction of sp³-hybridized carbons (Fsp3) is 0.444. The van der Waals surface area contributed by atoms with E-state index in [-0.39, 0.29) is 29.0 Å². The van der Waals surface area contributed by atoms with Crippen molar-refractivity contribution in [3.8, 4) is 23.0 Å². The molecule has 3 aromatic rings. The van der Waals surface area contributed by atoms with Gasteiger partial charge in [0.15, 0.2) is 11.5 Å². The quantitative estimate of drug-likeness (QED) is 0.415. The van der Waals surface area contributed by atoms with Crippen LogP contribution in [-0.4, -0.2) is 35.1 Å². The van der Waals surface area contributed by atoms with Crippen molar-refractivity contribution in [1.29, 1.82) is 0 Å². The summed E-state index contributed by atoms with van der Waals surface area (Å²) >= 11 is 1.23. The van der Waals surface area contributed by atoms with Gasteiger partial charge in [-0.3, -0.25) is 4.79 Å². The summed E-state index contributed by atoms with van der Waals surface area (Å²) in [5.41, 5.74) is 3.16. The SMILES string of the molecule is CC(C)C(NC(=O)CSc1nnc(-c2ccc(C(C)(C)C)cc2)o1)c1ccc2c(c1)OCCCO2. The number of thioether (sulfide) groups is 1. The lowest BCUT2D eigenvalue weighted by Gasteiger charge is -2.23. The summed E-state index contributed by atoms with van der Waals surface area (Å²) in [7, 11) is 0. The maximum atomic E-state index is 12.8. The van der Waals surface area contributed by atoms with E-state index < -0.39 is 0 Å². The van der Waals surface area contributed by atoms with Crippen molar-refractivity contribution in [3.63, 3.8) is 0 Å². The number of nitrogens with one attached hydrogen (secondary N) is 1. The Morgan fingerprint density at radius 1 is 1.03 bits per heavy atom. The second-order valence-electron chi connectivity index (χ2n) is 10.0. The molecule has 1 atom stereocenters. The number of amides is 1. The summed E-state index contributed by atoms with van der Waals surface area (Å²) < 4.78 is 17.3. The summed E-state index contributed by atoms with van der Waals surface area (Å²) in [6, 6.07) is 13.8. The first kappa shape index (κ1) is 25.1. The molecule has 0 radical (unpaired) electrons. The lowest BCUT2D eigenvalue weighted by Crippen LogP contribution is -2.33. The van der Waals surface area contributed by atoms with Crippen LogP contribution in [0.25, 0.3) is 11.5 Å². The van der Waals surface area contributed by atoms with E-state index in [9.17, 15) is 4.79 Å². The van der Waals surface area contributed by atoms with Gasteiger partial charge in [-0.05, 0) is 46.7 Å². The summed E-state index contributed by atoms with van der Waals surface area (Å²) in [6.45, 7) is 12.0. The highest BCUT2D eigenvalue weighted by molar-refractivity contribution is 7.99. The van der Waals surface area contributed by atoms with Crippen LogP contribution in [0.3, 0.4) is 0 Å². The molecule has 186 valence electrons. The molecule has 0 fully saturated rings. The van der Waals surface area contributed by atoms with Crippen LogP contribution < -0.4 is 14.8 Å². The molecule has 1 aliphatic heterocycles. The van der Waals surface area contributed by atoms with Crippen LogP contribution in [0.15, 0.2) is 52.1 Å². The minimum Gasteiger partial charge on any atom is -0.490 e. The zero-order chi connectivity index (χ0) is 25.0. The Bertz CT molecular complexity index is 1150. The molecule has 1 amide bonds. The second-order valence-corrected chi connectivity index (χ2v) is 11.0. The molecule has 0 saturated heterocycles. The molecule has 8 heteroatoms. The van der Waals surface area contributed by atoms with Gasteiger partial charge in [-0.15, -0.1) is 10.2 Å². The normalized spacial score (nSPS) is 14.5. The Balaban J connectivity index is 1.37. The van der Waals surface area contributed by atoms with Gasteiger partial charge >= 0.3 is 0 Å². The zero-order valence-corrected chi connectivity index (χ0v) is 21.8. The molecular formula is C27H33N3O4S. The molecule has 0 spiro atoms. The number of nitrogens with zero attached hydrogens (tertiary/aromatic N) is 2. The standard InChI is InChI=1S/C27H33N3O4S/c1-17(2)24(19-9-12-21-22(15-19)33-14-6-13-32-21)28-23(31)16-35-26-30-29-25(34-26)18-7-10-20(11-8-18)27(3,4)5/h7-12,15,17,24H,6,13-14,16H2,1-5H3,(H,28,31). The van der Waals surface area contributed by atoms with Gasteiger partial charge in [-0.25, -0.2) is 0 Å².